The molecule has 8 nitrogen and oxygen atoms in total. The van der Waals surface area contributed by atoms with Crippen LogP contribution in [0.1, 0.15) is 49.7 Å². The molecule has 0 spiro atoms. The third kappa shape index (κ3) is 6.74. The molecule has 2 heterocycles. The van der Waals surface area contributed by atoms with E-state index in [0.29, 0.717) is 37.1 Å². The maximum Gasteiger partial charge on any atom is 0.411 e. The Labute approximate surface area is 200 Å². The molecule has 0 radical (unpaired) electrons. The molecule has 1 aromatic heterocycles. The number of hydrogen-bond donors (Lipinski definition) is 2. The number of halogens is 1. The van der Waals surface area contributed by atoms with E-state index < -0.39 is 23.9 Å². The number of aliphatic hydroxyl groups is 1. The van der Waals surface area contributed by atoms with E-state index in [2.05, 4.69) is 10.3 Å². The summed E-state index contributed by atoms with van der Waals surface area (Å²) in [6.45, 7) is 6.45. The van der Waals surface area contributed by atoms with Crippen LogP contribution in [0.3, 0.4) is 0 Å². The van der Waals surface area contributed by atoms with Crippen molar-refractivity contribution in [1.29, 1.82) is 0 Å². The number of allylic oxidation sites excluding steroid dienone is 1. The van der Waals surface area contributed by atoms with Crippen molar-refractivity contribution in [1.82, 2.24) is 10.3 Å². The van der Waals surface area contributed by atoms with Crippen LogP contribution in [0.5, 0.6) is 0 Å². The van der Waals surface area contributed by atoms with Gasteiger partial charge in [0.2, 0.25) is 6.21 Å². The summed E-state index contributed by atoms with van der Waals surface area (Å²) in [7, 11) is 3.08. The summed E-state index contributed by atoms with van der Waals surface area (Å²) in [6.07, 6.45) is 4.34. The van der Waals surface area contributed by atoms with E-state index in [1.165, 1.54) is 17.9 Å². The number of aliphatic hydroxyl groups excluding tert-OH is 1. The number of fused-ring (bicyclic) bond motifs is 1. The van der Waals surface area contributed by atoms with Gasteiger partial charge in [-0.05, 0) is 37.5 Å². The van der Waals surface area contributed by atoms with Gasteiger partial charge in [-0.15, -0.1) is 0 Å². The van der Waals surface area contributed by atoms with E-state index in [9.17, 15) is 14.3 Å². The first kappa shape index (κ1) is 27.2. The molecule has 3 rings (SSSR count). The zero-order valence-corrected chi connectivity index (χ0v) is 20.5. The average Bonchev–Trinajstić information content (AvgIpc) is 2.86. The van der Waals surface area contributed by atoms with Crippen molar-refractivity contribution in [2.24, 2.45) is 0 Å². The van der Waals surface area contributed by atoms with Gasteiger partial charge < -0.3 is 19.9 Å². The third-order valence-electron chi connectivity index (χ3n) is 5.33. The molecular formula is C25H35FN3O5+. The normalized spacial score (nSPS) is 18.7. The number of amides is 1. The summed E-state index contributed by atoms with van der Waals surface area (Å²) >= 11 is 0. The van der Waals surface area contributed by atoms with Gasteiger partial charge in [0.1, 0.15) is 24.1 Å². The Morgan fingerprint density at radius 1 is 1.38 bits per heavy atom. The first-order valence-corrected chi connectivity index (χ1v) is 11.5. The predicted octanol–water partition coefficient (Wildman–Crippen LogP) is 3.36. The summed E-state index contributed by atoms with van der Waals surface area (Å²) in [5.41, 5.74) is 1.02. The summed E-state index contributed by atoms with van der Waals surface area (Å²) in [4.78, 5) is 22.4. The van der Waals surface area contributed by atoms with Gasteiger partial charge in [-0.25, -0.2) is 9.37 Å². The molecule has 34 heavy (non-hydrogen) atoms. The van der Waals surface area contributed by atoms with E-state index in [1.54, 1.807) is 31.4 Å². The van der Waals surface area contributed by atoms with E-state index in [1.807, 2.05) is 27.0 Å². The van der Waals surface area contributed by atoms with Crippen molar-refractivity contribution >= 4 is 23.0 Å². The number of carbonyl (C=O) groups excluding carboxylic acids is 1. The molecule has 1 aromatic carbocycles. The number of carbonyl (C=O) groups is 1. The fourth-order valence-corrected chi connectivity index (χ4v) is 3.67. The molecule has 1 saturated heterocycles. The van der Waals surface area contributed by atoms with E-state index in [4.69, 9.17) is 14.3 Å². The lowest BCUT2D eigenvalue weighted by molar-refractivity contribution is -0.758. The first-order valence-electron chi connectivity index (χ1n) is 11.5. The maximum atomic E-state index is 14.5. The van der Waals surface area contributed by atoms with Gasteiger partial charge >= 0.3 is 5.88 Å². The Morgan fingerprint density at radius 3 is 2.79 bits per heavy atom. The van der Waals surface area contributed by atoms with Crippen molar-refractivity contribution in [2.45, 2.75) is 52.2 Å². The summed E-state index contributed by atoms with van der Waals surface area (Å²) in [6, 6.07) is 5.95. The first-order chi connectivity index (χ1) is 16.5. The zero-order chi connectivity index (χ0) is 25.1. The lowest BCUT2D eigenvalue weighted by Gasteiger charge is -2.28. The molecule has 0 bridgehead atoms. The second-order valence-corrected chi connectivity index (χ2v) is 7.37. The zero-order valence-electron chi connectivity index (χ0n) is 20.5. The number of methoxy groups -OCH3 is 1. The lowest BCUT2D eigenvalue weighted by atomic mass is 10.0. The minimum absolute atomic E-state index is 0.103. The molecule has 0 aliphatic carbocycles. The minimum Gasteiger partial charge on any atom is -0.445 e. The van der Waals surface area contributed by atoms with E-state index in [-0.39, 0.29) is 17.8 Å². The Kier molecular flexibility index (Phi) is 10.9. The number of pyridine rings is 1. The second kappa shape index (κ2) is 13.6. The number of rotatable bonds is 8. The Hall–Kier alpha value is -3.04. The SMILES string of the molecule is C/C=C(OC)\[N+](=C/CCc1cc(C(=O)N[C@H]2CCOCC2O)nc2c(F)cccc12)OC.CC. The molecule has 2 aromatic rings. The highest BCUT2D eigenvalue weighted by Crippen LogP contribution is 2.23. The van der Waals surface area contributed by atoms with Crippen LogP contribution in [0.2, 0.25) is 0 Å². The summed E-state index contributed by atoms with van der Waals surface area (Å²) < 4.78 is 26.5. The van der Waals surface area contributed by atoms with Crippen molar-refractivity contribution < 1.29 is 33.3 Å². The van der Waals surface area contributed by atoms with Crippen LogP contribution in [0.4, 0.5) is 4.39 Å². The van der Waals surface area contributed by atoms with Crippen molar-refractivity contribution in [3.8, 4) is 0 Å². The standard InChI is InChI=1S/C23H28FN3O5.C2H6/c1-4-21(30-2)27(31-3)11-6-7-15-13-19(25-22-16(15)8-5-9-17(22)24)23(29)26-18-10-12-32-14-20(18)28;1-2/h4-5,8-9,11,13,18,20,28H,6-7,10,12,14H2,1-3H3;1-2H3/p+1/b21-4+,27-11+;/t18-,20?;/m0./s1. The Bertz CT molecular complexity index is 1030. The number of aromatic nitrogens is 1. The highest BCUT2D eigenvalue weighted by atomic mass is 19.1. The van der Waals surface area contributed by atoms with Crippen molar-refractivity contribution in [2.75, 3.05) is 27.4 Å². The number of aryl methyl sites for hydroxylation is 1. The summed E-state index contributed by atoms with van der Waals surface area (Å²) in [5, 5.41) is 13.5. The monoisotopic (exact) mass is 476 g/mol. The molecule has 186 valence electrons. The van der Waals surface area contributed by atoms with Gasteiger partial charge in [-0.3, -0.25) is 9.63 Å². The van der Waals surface area contributed by atoms with Gasteiger partial charge in [0.05, 0.1) is 25.9 Å². The highest BCUT2D eigenvalue weighted by molar-refractivity contribution is 5.96. The molecule has 1 aliphatic heterocycles. The molecule has 9 heteroatoms. The number of nitrogens with one attached hydrogen (secondary N) is 1. The molecule has 1 fully saturated rings. The van der Waals surface area contributed by atoms with Crippen LogP contribution in [0.25, 0.3) is 10.9 Å². The second-order valence-electron chi connectivity index (χ2n) is 7.37. The third-order valence-corrected chi connectivity index (χ3v) is 5.33. The van der Waals surface area contributed by atoms with Gasteiger partial charge in [0, 0.05) is 29.2 Å². The van der Waals surface area contributed by atoms with Crippen LogP contribution in [-0.4, -0.2) is 66.5 Å². The number of nitrogens with zero attached hydrogens (tertiary/aromatic N) is 2. The van der Waals surface area contributed by atoms with Gasteiger partial charge in [0.15, 0.2) is 0 Å². The van der Waals surface area contributed by atoms with Crippen LogP contribution >= 0.6 is 0 Å². The largest absolute Gasteiger partial charge is 0.445 e. The van der Waals surface area contributed by atoms with Crippen LogP contribution in [0.15, 0.2) is 36.2 Å². The molecule has 2 N–H and O–H groups in total. The lowest BCUT2D eigenvalue weighted by Crippen LogP contribution is -2.48. The number of hydroxylamine groups is 1. The molecule has 1 amide bonds. The van der Waals surface area contributed by atoms with Crippen molar-refractivity contribution in [3.63, 3.8) is 0 Å². The Morgan fingerprint density at radius 2 is 2.15 bits per heavy atom. The van der Waals surface area contributed by atoms with Gasteiger partial charge in [-0.2, -0.15) is 0 Å². The molecule has 2 atom stereocenters. The van der Waals surface area contributed by atoms with Crippen molar-refractivity contribution in [3.05, 3.63) is 53.3 Å². The average molecular weight is 477 g/mol. The predicted molar refractivity (Wildman–Crippen MR) is 128 cm³/mol. The minimum atomic E-state index is -0.791. The molecule has 1 aliphatic rings. The fraction of sp³-hybridized carbons (Fsp3) is 0.480. The smallest absolute Gasteiger partial charge is 0.411 e. The fourth-order valence-electron chi connectivity index (χ4n) is 3.67. The van der Waals surface area contributed by atoms with Gasteiger partial charge in [0.25, 0.3) is 5.91 Å². The molecule has 0 saturated carbocycles. The van der Waals surface area contributed by atoms with Gasteiger partial charge in [-0.1, -0.05) is 26.0 Å². The summed E-state index contributed by atoms with van der Waals surface area (Å²) in [5.74, 6) is -0.420. The van der Waals surface area contributed by atoms with Crippen LogP contribution < -0.4 is 5.32 Å². The van der Waals surface area contributed by atoms with E-state index >= 15 is 0 Å². The number of para-hydroxylation sites is 1. The number of benzene rings is 1. The molecule has 1 unspecified atom stereocenters. The maximum absolute atomic E-state index is 14.5. The van der Waals surface area contributed by atoms with Crippen LogP contribution in [-0.2, 0) is 20.7 Å². The topological polar surface area (TPSA) is 92.9 Å². The molecular weight excluding hydrogens is 441 g/mol. The highest BCUT2D eigenvalue weighted by Gasteiger charge is 2.26. The van der Waals surface area contributed by atoms with Crippen LogP contribution in [0, 0.1) is 5.82 Å². The quantitative estimate of drug-likeness (QED) is 0.263. The number of hydrogen-bond acceptors (Lipinski definition) is 6. The number of ether oxygens (including phenoxy) is 2. The van der Waals surface area contributed by atoms with E-state index in [0.717, 1.165) is 5.56 Å². The Balaban J connectivity index is 0.00000199.